The fourth-order valence-electron chi connectivity index (χ4n) is 2.90. The molecule has 2 unspecified atom stereocenters. The molecule has 1 aromatic rings. The van der Waals surface area contributed by atoms with E-state index in [-0.39, 0.29) is 17.9 Å². The summed E-state index contributed by atoms with van der Waals surface area (Å²) in [5.41, 5.74) is 1.88. The molecule has 0 bridgehead atoms. The lowest BCUT2D eigenvalue weighted by Crippen LogP contribution is -2.44. The second-order valence-corrected chi connectivity index (χ2v) is 5.80. The zero-order chi connectivity index (χ0) is 15.4. The normalized spacial score (nSPS) is 22.2. The zero-order valence-corrected chi connectivity index (χ0v) is 13.2. The molecule has 1 aromatic carbocycles. The van der Waals surface area contributed by atoms with Gasteiger partial charge >= 0.3 is 0 Å². The molecule has 1 N–H and O–H groups in total. The van der Waals surface area contributed by atoms with E-state index in [9.17, 15) is 9.90 Å². The summed E-state index contributed by atoms with van der Waals surface area (Å²) in [6.45, 7) is 9.45. The first-order valence-corrected chi connectivity index (χ1v) is 7.89. The topological polar surface area (TPSA) is 43.8 Å². The van der Waals surface area contributed by atoms with Crippen molar-refractivity contribution in [3.05, 3.63) is 29.8 Å². The van der Waals surface area contributed by atoms with Gasteiger partial charge in [0.05, 0.1) is 6.10 Å². The number of rotatable bonds is 4. The van der Waals surface area contributed by atoms with Crippen LogP contribution in [0.15, 0.2) is 24.3 Å². The third-order valence-corrected chi connectivity index (χ3v) is 4.39. The van der Waals surface area contributed by atoms with Crippen molar-refractivity contribution in [3.8, 4) is 0 Å². The van der Waals surface area contributed by atoms with Crippen LogP contribution in [0.4, 0.5) is 5.69 Å². The molecule has 1 saturated heterocycles. The number of aliphatic hydroxyl groups is 1. The van der Waals surface area contributed by atoms with Gasteiger partial charge in [0.1, 0.15) is 0 Å². The largest absolute Gasteiger partial charge is 0.393 e. The van der Waals surface area contributed by atoms with Gasteiger partial charge in [-0.05, 0) is 50.5 Å². The van der Waals surface area contributed by atoms with Crippen molar-refractivity contribution in [2.75, 3.05) is 31.1 Å². The van der Waals surface area contributed by atoms with Crippen molar-refractivity contribution in [2.24, 2.45) is 5.92 Å². The fraction of sp³-hybridized carbons (Fsp3) is 0.588. The summed E-state index contributed by atoms with van der Waals surface area (Å²) >= 11 is 0. The molecule has 0 saturated carbocycles. The van der Waals surface area contributed by atoms with Gasteiger partial charge in [-0.2, -0.15) is 0 Å². The number of hydrogen-bond donors (Lipinski definition) is 1. The Balaban J connectivity index is 2.06. The molecule has 1 fully saturated rings. The lowest BCUT2D eigenvalue weighted by atomic mass is 9.96. The van der Waals surface area contributed by atoms with Crippen LogP contribution in [0.2, 0.25) is 0 Å². The molecule has 1 aliphatic heterocycles. The number of carbonyl (C=O) groups excluding carboxylic acids is 1. The summed E-state index contributed by atoms with van der Waals surface area (Å²) < 4.78 is 0. The summed E-state index contributed by atoms with van der Waals surface area (Å²) in [6.07, 6.45) is 0.392. The van der Waals surface area contributed by atoms with Crippen molar-refractivity contribution < 1.29 is 9.90 Å². The van der Waals surface area contributed by atoms with Crippen molar-refractivity contribution in [1.82, 2.24) is 4.90 Å². The SMILES string of the molecule is CCN(CC)c1ccc(C(=O)N2CCC(O)C(C)C2)cc1. The second-order valence-electron chi connectivity index (χ2n) is 5.80. The number of carbonyl (C=O) groups is 1. The van der Waals surface area contributed by atoms with Gasteiger partial charge in [-0.15, -0.1) is 0 Å². The summed E-state index contributed by atoms with van der Waals surface area (Å²) in [5, 5.41) is 9.76. The van der Waals surface area contributed by atoms with E-state index >= 15 is 0 Å². The number of anilines is 1. The van der Waals surface area contributed by atoms with Gasteiger partial charge < -0.3 is 14.9 Å². The lowest BCUT2D eigenvalue weighted by molar-refractivity contribution is 0.0297. The quantitative estimate of drug-likeness (QED) is 0.926. The van der Waals surface area contributed by atoms with Crippen LogP contribution < -0.4 is 4.90 Å². The molecule has 0 spiro atoms. The first-order chi connectivity index (χ1) is 10.1. The Labute approximate surface area is 127 Å². The van der Waals surface area contributed by atoms with Crippen LogP contribution in [0, 0.1) is 5.92 Å². The maximum atomic E-state index is 12.5. The molecule has 0 radical (unpaired) electrons. The molecule has 1 amide bonds. The van der Waals surface area contributed by atoms with Crippen molar-refractivity contribution >= 4 is 11.6 Å². The van der Waals surface area contributed by atoms with Gasteiger partial charge in [-0.1, -0.05) is 6.92 Å². The Morgan fingerprint density at radius 2 is 1.90 bits per heavy atom. The fourth-order valence-corrected chi connectivity index (χ4v) is 2.90. The van der Waals surface area contributed by atoms with Crippen molar-refractivity contribution in [2.45, 2.75) is 33.3 Å². The number of benzene rings is 1. The molecular weight excluding hydrogens is 264 g/mol. The van der Waals surface area contributed by atoms with Gasteiger partial charge in [0.25, 0.3) is 5.91 Å². The number of nitrogens with zero attached hydrogens (tertiary/aromatic N) is 2. The van der Waals surface area contributed by atoms with Crippen LogP contribution in [-0.4, -0.2) is 48.2 Å². The minimum atomic E-state index is -0.279. The maximum Gasteiger partial charge on any atom is 0.253 e. The highest BCUT2D eigenvalue weighted by Crippen LogP contribution is 2.20. The zero-order valence-electron chi connectivity index (χ0n) is 13.2. The molecule has 4 nitrogen and oxygen atoms in total. The van der Waals surface area contributed by atoms with Crippen LogP contribution in [0.5, 0.6) is 0 Å². The van der Waals surface area contributed by atoms with E-state index < -0.39 is 0 Å². The van der Waals surface area contributed by atoms with Crippen LogP contribution in [0.1, 0.15) is 37.6 Å². The van der Waals surface area contributed by atoms with E-state index in [0.717, 1.165) is 24.3 Å². The minimum absolute atomic E-state index is 0.0693. The van der Waals surface area contributed by atoms with Crippen molar-refractivity contribution in [1.29, 1.82) is 0 Å². The molecule has 0 aliphatic carbocycles. The second kappa shape index (κ2) is 6.94. The highest BCUT2D eigenvalue weighted by molar-refractivity contribution is 5.94. The lowest BCUT2D eigenvalue weighted by Gasteiger charge is -2.34. The monoisotopic (exact) mass is 290 g/mol. The standard InChI is InChI=1S/C17H26N2O2/c1-4-18(5-2)15-8-6-14(7-9-15)17(21)19-11-10-16(20)13(3)12-19/h6-9,13,16,20H,4-5,10-12H2,1-3H3. The van der Waals surface area contributed by atoms with E-state index in [1.807, 2.05) is 36.1 Å². The van der Waals surface area contributed by atoms with Crippen LogP contribution in [0.25, 0.3) is 0 Å². The van der Waals surface area contributed by atoms with E-state index in [2.05, 4.69) is 18.7 Å². The first-order valence-electron chi connectivity index (χ1n) is 7.89. The summed E-state index contributed by atoms with van der Waals surface area (Å²) in [4.78, 5) is 16.6. The van der Waals surface area contributed by atoms with Gasteiger partial charge in [-0.3, -0.25) is 4.79 Å². The summed E-state index contributed by atoms with van der Waals surface area (Å²) in [7, 11) is 0. The van der Waals surface area contributed by atoms with Gasteiger partial charge in [0, 0.05) is 37.4 Å². The maximum absolute atomic E-state index is 12.5. The third kappa shape index (κ3) is 3.56. The molecule has 116 valence electrons. The average molecular weight is 290 g/mol. The number of likely N-dealkylation sites (tertiary alicyclic amines) is 1. The van der Waals surface area contributed by atoms with E-state index in [1.165, 1.54) is 0 Å². The Kier molecular flexibility index (Phi) is 5.23. The molecule has 4 heteroatoms. The Hall–Kier alpha value is -1.55. The molecule has 0 aromatic heterocycles. The molecule has 2 atom stereocenters. The van der Waals surface area contributed by atoms with Gasteiger partial charge in [0.15, 0.2) is 0 Å². The predicted octanol–water partition coefficient (Wildman–Crippen LogP) is 2.38. The molecule has 21 heavy (non-hydrogen) atoms. The molecule has 2 rings (SSSR count). The van der Waals surface area contributed by atoms with E-state index in [0.29, 0.717) is 19.5 Å². The Morgan fingerprint density at radius 1 is 1.29 bits per heavy atom. The van der Waals surface area contributed by atoms with E-state index in [1.54, 1.807) is 0 Å². The minimum Gasteiger partial charge on any atom is -0.393 e. The van der Waals surface area contributed by atoms with Gasteiger partial charge in [0.2, 0.25) is 0 Å². The van der Waals surface area contributed by atoms with E-state index in [4.69, 9.17) is 0 Å². The molecule has 1 heterocycles. The Bertz CT molecular complexity index is 468. The highest BCUT2D eigenvalue weighted by atomic mass is 16.3. The van der Waals surface area contributed by atoms with Crippen molar-refractivity contribution in [3.63, 3.8) is 0 Å². The van der Waals surface area contributed by atoms with Crippen LogP contribution in [-0.2, 0) is 0 Å². The first kappa shape index (κ1) is 15.8. The summed E-state index contributed by atoms with van der Waals surface area (Å²) in [5.74, 6) is 0.220. The number of aliphatic hydroxyl groups excluding tert-OH is 1. The summed E-state index contributed by atoms with van der Waals surface area (Å²) in [6, 6.07) is 7.85. The van der Waals surface area contributed by atoms with Crippen LogP contribution in [0.3, 0.4) is 0 Å². The molecular formula is C17H26N2O2. The van der Waals surface area contributed by atoms with Crippen LogP contribution >= 0.6 is 0 Å². The Morgan fingerprint density at radius 3 is 2.43 bits per heavy atom. The number of piperidine rings is 1. The highest BCUT2D eigenvalue weighted by Gasteiger charge is 2.27. The molecule has 1 aliphatic rings. The number of hydrogen-bond acceptors (Lipinski definition) is 3. The third-order valence-electron chi connectivity index (χ3n) is 4.39. The smallest absolute Gasteiger partial charge is 0.253 e. The van der Waals surface area contributed by atoms with Gasteiger partial charge in [-0.25, -0.2) is 0 Å². The number of amides is 1. The average Bonchev–Trinajstić information content (AvgIpc) is 2.51. The predicted molar refractivity (Wildman–Crippen MR) is 85.7 cm³/mol.